The molecule has 2 aromatic rings. The number of rotatable bonds is 8. The molecule has 1 unspecified atom stereocenters. The first kappa shape index (κ1) is 22.8. The maximum atomic E-state index is 12.5. The molecule has 1 aliphatic carbocycles. The minimum Gasteiger partial charge on any atom is -0.481 e. The summed E-state index contributed by atoms with van der Waals surface area (Å²) in [4.78, 5) is 38.1. The molecular weight excluding hydrogens is 420 g/mol. The van der Waals surface area contributed by atoms with Crippen molar-refractivity contribution in [1.29, 1.82) is 0 Å². The van der Waals surface area contributed by atoms with Crippen molar-refractivity contribution in [3.8, 4) is 11.1 Å². The lowest BCUT2D eigenvalue weighted by Gasteiger charge is -2.24. The summed E-state index contributed by atoms with van der Waals surface area (Å²) < 4.78 is 5.49. The Morgan fingerprint density at radius 3 is 2.33 bits per heavy atom. The number of hydrogen-bond acceptors (Lipinski definition) is 4. The van der Waals surface area contributed by atoms with Crippen LogP contribution in [0.25, 0.3) is 11.1 Å². The predicted molar refractivity (Wildman–Crippen MR) is 124 cm³/mol. The van der Waals surface area contributed by atoms with Crippen LogP contribution in [0.4, 0.5) is 4.79 Å². The third kappa shape index (κ3) is 4.58. The van der Waals surface area contributed by atoms with Crippen LogP contribution in [0.5, 0.6) is 0 Å². The van der Waals surface area contributed by atoms with Crippen molar-refractivity contribution in [2.24, 2.45) is 5.41 Å². The highest BCUT2D eigenvalue weighted by atomic mass is 16.5. The first-order valence-corrected chi connectivity index (χ1v) is 11.6. The molecule has 7 heteroatoms. The Hall–Kier alpha value is -3.35. The Morgan fingerprint density at radius 1 is 1.09 bits per heavy atom. The second-order valence-electron chi connectivity index (χ2n) is 8.90. The highest BCUT2D eigenvalue weighted by Crippen LogP contribution is 2.44. The van der Waals surface area contributed by atoms with Crippen LogP contribution in [-0.2, 0) is 14.3 Å². The normalized spacial score (nSPS) is 19.1. The summed E-state index contributed by atoms with van der Waals surface area (Å²) >= 11 is 0. The van der Waals surface area contributed by atoms with E-state index in [1.807, 2.05) is 31.2 Å². The van der Waals surface area contributed by atoms with Crippen LogP contribution in [0.3, 0.4) is 0 Å². The van der Waals surface area contributed by atoms with E-state index in [1.165, 1.54) is 11.1 Å². The molecule has 7 nitrogen and oxygen atoms in total. The lowest BCUT2D eigenvalue weighted by atomic mass is 9.83. The molecule has 0 bridgehead atoms. The molecule has 2 amide bonds. The van der Waals surface area contributed by atoms with Crippen molar-refractivity contribution in [3.63, 3.8) is 0 Å². The van der Waals surface area contributed by atoms with Crippen molar-refractivity contribution >= 4 is 18.0 Å². The highest BCUT2D eigenvalue weighted by Gasteiger charge is 2.45. The van der Waals surface area contributed by atoms with Gasteiger partial charge in [-0.25, -0.2) is 4.79 Å². The van der Waals surface area contributed by atoms with Gasteiger partial charge in [-0.3, -0.25) is 9.59 Å². The van der Waals surface area contributed by atoms with Gasteiger partial charge in [0, 0.05) is 32.0 Å². The van der Waals surface area contributed by atoms with Crippen LogP contribution in [-0.4, -0.2) is 54.2 Å². The van der Waals surface area contributed by atoms with Gasteiger partial charge in [-0.05, 0) is 35.1 Å². The van der Waals surface area contributed by atoms with Gasteiger partial charge in [0.15, 0.2) is 0 Å². The van der Waals surface area contributed by atoms with Crippen LogP contribution in [0, 0.1) is 5.41 Å². The van der Waals surface area contributed by atoms with Crippen molar-refractivity contribution in [1.82, 2.24) is 10.2 Å². The highest BCUT2D eigenvalue weighted by molar-refractivity contribution is 5.81. The molecule has 0 aromatic heterocycles. The van der Waals surface area contributed by atoms with Crippen LogP contribution in [0.2, 0.25) is 0 Å². The molecule has 1 heterocycles. The maximum Gasteiger partial charge on any atom is 0.407 e. The van der Waals surface area contributed by atoms with Gasteiger partial charge in [0.1, 0.15) is 6.61 Å². The number of fused-ring (bicyclic) bond motifs is 3. The van der Waals surface area contributed by atoms with Crippen LogP contribution in [0.1, 0.15) is 49.7 Å². The standard InChI is InChI=1S/C26H30N2O5/c1-2-12-26(24(30)31)13-15-28(17-26)23(29)11-14-27-25(32)33-16-22-20-9-5-3-7-18(20)19-8-4-6-10-21(19)22/h3-10,22H,2,11-17H2,1H3,(H,27,32)(H,30,31). The third-order valence-electron chi connectivity index (χ3n) is 6.84. The van der Waals surface area contributed by atoms with Crippen LogP contribution < -0.4 is 5.32 Å². The Balaban J connectivity index is 1.26. The number of ether oxygens (including phenoxy) is 1. The number of hydrogen-bond donors (Lipinski definition) is 2. The lowest BCUT2D eigenvalue weighted by Crippen LogP contribution is -2.38. The Kier molecular flexibility index (Phi) is 6.67. The molecular formula is C26H30N2O5. The zero-order chi connectivity index (χ0) is 23.4. The first-order valence-electron chi connectivity index (χ1n) is 11.6. The average Bonchev–Trinajstić information content (AvgIpc) is 3.39. The summed E-state index contributed by atoms with van der Waals surface area (Å²) in [6.07, 6.45) is 1.35. The van der Waals surface area contributed by atoms with E-state index in [2.05, 4.69) is 29.6 Å². The molecule has 1 fully saturated rings. The molecule has 0 radical (unpaired) electrons. The number of carboxylic acids is 1. The number of aliphatic carboxylic acids is 1. The Labute approximate surface area is 193 Å². The molecule has 2 aromatic carbocycles. The summed E-state index contributed by atoms with van der Waals surface area (Å²) in [5.41, 5.74) is 3.78. The monoisotopic (exact) mass is 450 g/mol. The van der Waals surface area contributed by atoms with E-state index in [0.29, 0.717) is 19.4 Å². The van der Waals surface area contributed by atoms with E-state index in [0.717, 1.165) is 17.5 Å². The molecule has 4 rings (SSSR count). The van der Waals surface area contributed by atoms with Crippen LogP contribution in [0.15, 0.2) is 48.5 Å². The molecule has 1 aliphatic heterocycles. The second-order valence-corrected chi connectivity index (χ2v) is 8.90. The molecule has 174 valence electrons. The molecule has 0 spiro atoms. The van der Waals surface area contributed by atoms with E-state index in [-0.39, 0.29) is 37.9 Å². The Morgan fingerprint density at radius 2 is 1.73 bits per heavy atom. The van der Waals surface area contributed by atoms with Crippen molar-refractivity contribution in [2.75, 3.05) is 26.2 Å². The summed E-state index contributed by atoms with van der Waals surface area (Å²) in [6, 6.07) is 16.3. The number of likely N-dealkylation sites (tertiary alicyclic amines) is 1. The minimum atomic E-state index is -0.843. The lowest BCUT2D eigenvalue weighted by molar-refractivity contribution is -0.149. The number of carbonyl (C=O) groups is 3. The zero-order valence-corrected chi connectivity index (χ0v) is 18.9. The van der Waals surface area contributed by atoms with Gasteiger partial charge in [0.25, 0.3) is 0 Å². The van der Waals surface area contributed by atoms with E-state index in [1.54, 1.807) is 4.90 Å². The Bertz CT molecular complexity index is 1010. The molecule has 33 heavy (non-hydrogen) atoms. The number of carboxylic acid groups (broad SMARTS) is 1. The fourth-order valence-corrected chi connectivity index (χ4v) is 5.13. The van der Waals surface area contributed by atoms with E-state index in [9.17, 15) is 19.5 Å². The van der Waals surface area contributed by atoms with Gasteiger partial charge in [0.05, 0.1) is 5.41 Å². The summed E-state index contributed by atoms with van der Waals surface area (Å²) in [5, 5.41) is 12.3. The minimum absolute atomic E-state index is 0.0166. The van der Waals surface area contributed by atoms with Crippen molar-refractivity contribution in [3.05, 3.63) is 59.7 Å². The summed E-state index contributed by atoms with van der Waals surface area (Å²) in [5.74, 6) is -0.998. The fourth-order valence-electron chi connectivity index (χ4n) is 5.13. The molecule has 1 saturated heterocycles. The van der Waals surface area contributed by atoms with Crippen molar-refractivity contribution in [2.45, 2.75) is 38.5 Å². The smallest absolute Gasteiger partial charge is 0.407 e. The second kappa shape index (κ2) is 9.65. The van der Waals surface area contributed by atoms with Gasteiger partial charge < -0.3 is 20.1 Å². The topological polar surface area (TPSA) is 95.9 Å². The molecule has 1 atom stereocenters. The van der Waals surface area contributed by atoms with Gasteiger partial charge in [-0.15, -0.1) is 0 Å². The number of amides is 2. The number of nitrogens with zero attached hydrogens (tertiary/aromatic N) is 1. The number of carbonyl (C=O) groups excluding carboxylic acids is 2. The molecule has 2 aliphatic rings. The summed E-state index contributed by atoms with van der Waals surface area (Å²) in [6.45, 7) is 3.00. The predicted octanol–water partition coefficient (Wildman–Crippen LogP) is 4.02. The van der Waals surface area contributed by atoms with E-state index >= 15 is 0 Å². The fraction of sp³-hybridized carbons (Fsp3) is 0.423. The SMILES string of the molecule is CCCC1(C(=O)O)CCN(C(=O)CCNC(=O)OCC2c3ccccc3-c3ccccc32)C1. The van der Waals surface area contributed by atoms with Gasteiger partial charge in [-0.2, -0.15) is 0 Å². The zero-order valence-electron chi connectivity index (χ0n) is 18.9. The van der Waals surface area contributed by atoms with E-state index < -0.39 is 17.5 Å². The maximum absolute atomic E-state index is 12.5. The quantitative estimate of drug-likeness (QED) is 0.633. The van der Waals surface area contributed by atoms with Crippen molar-refractivity contribution < 1.29 is 24.2 Å². The number of alkyl carbamates (subject to hydrolysis) is 1. The average molecular weight is 451 g/mol. The molecule has 0 saturated carbocycles. The number of benzene rings is 2. The first-order chi connectivity index (χ1) is 15.9. The summed E-state index contributed by atoms with van der Waals surface area (Å²) in [7, 11) is 0. The van der Waals surface area contributed by atoms with Gasteiger partial charge >= 0.3 is 12.1 Å². The number of nitrogens with one attached hydrogen (secondary N) is 1. The van der Waals surface area contributed by atoms with Crippen LogP contribution >= 0.6 is 0 Å². The largest absolute Gasteiger partial charge is 0.481 e. The third-order valence-corrected chi connectivity index (χ3v) is 6.84. The van der Waals surface area contributed by atoms with Gasteiger partial charge in [0.2, 0.25) is 5.91 Å². The van der Waals surface area contributed by atoms with E-state index in [4.69, 9.17) is 4.74 Å². The van der Waals surface area contributed by atoms with Gasteiger partial charge in [-0.1, -0.05) is 61.9 Å². The molecule has 2 N–H and O–H groups in total.